The number of nitrogens with zero attached hydrogens (tertiary/aromatic N) is 1. The summed E-state index contributed by atoms with van der Waals surface area (Å²) in [5, 5.41) is 5.64. The molecular formula is C26H26F4N2O. The number of likely N-dealkylation sites (tertiary alicyclic amines) is 1. The van der Waals surface area contributed by atoms with Crippen LogP contribution in [-0.4, -0.2) is 36.6 Å². The molecule has 3 unspecified atom stereocenters. The number of halogens is 4. The topological polar surface area (TPSA) is 32.3 Å². The summed E-state index contributed by atoms with van der Waals surface area (Å²) in [6.07, 6.45) is -4.64. The average molecular weight is 458 g/mol. The van der Waals surface area contributed by atoms with E-state index in [-0.39, 0.29) is 43.2 Å². The van der Waals surface area contributed by atoms with E-state index in [9.17, 15) is 22.4 Å². The molecule has 0 radical (unpaired) electrons. The van der Waals surface area contributed by atoms with Gasteiger partial charge in [-0.3, -0.25) is 4.79 Å². The van der Waals surface area contributed by atoms with Crippen molar-refractivity contribution in [2.45, 2.75) is 31.5 Å². The Kier molecular flexibility index (Phi) is 6.70. The standard InChI is InChI=1S/C26H26F4N2O/c1-17(20-11-6-8-18-7-2-3-9-21(18)20)31-15-19-16-32(25(33)26(28,29)30)14-13-22(19)23-10-4-5-12-24(23)27/h2-12,17,19,22,31H,13-16H2,1H3. The molecule has 33 heavy (non-hydrogen) atoms. The fourth-order valence-corrected chi connectivity index (χ4v) is 4.85. The fourth-order valence-electron chi connectivity index (χ4n) is 4.85. The van der Waals surface area contributed by atoms with Crippen LogP contribution >= 0.6 is 0 Å². The van der Waals surface area contributed by atoms with Gasteiger partial charge in [0.15, 0.2) is 0 Å². The van der Waals surface area contributed by atoms with Crippen molar-refractivity contribution in [1.29, 1.82) is 0 Å². The number of hydrogen-bond acceptors (Lipinski definition) is 2. The van der Waals surface area contributed by atoms with Gasteiger partial charge in [-0.2, -0.15) is 13.2 Å². The van der Waals surface area contributed by atoms with E-state index in [1.807, 2.05) is 49.4 Å². The Hall–Kier alpha value is -2.93. The number of hydrogen-bond donors (Lipinski definition) is 1. The van der Waals surface area contributed by atoms with Gasteiger partial charge >= 0.3 is 12.1 Å². The zero-order valence-electron chi connectivity index (χ0n) is 18.3. The maximum Gasteiger partial charge on any atom is 0.471 e. The van der Waals surface area contributed by atoms with Crippen LogP contribution in [-0.2, 0) is 4.79 Å². The first-order chi connectivity index (χ1) is 15.8. The molecule has 0 saturated carbocycles. The molecule has 3 nitrogen and oxygen atoms in total. The van der Waals surface area contributed by atoms with Crippen LogP contribution in [0.5, 0.6) is 0 Å². The predicted molar refractivity (Wildman–Crippen MR) is 120 cm³/mol. The zero-order valence-corrected chi connectivity index (χ0v) is 18.3. The van der Waals surface area contributed by atoms with Gasteiger partial charge in [0.2, 0.25) is 0 Å². The van der Waals surface area contributed by atoms with Crippen molar-refractivity contribution in [2.75, 3.05) is 19.6 Å². The summed E-state index contributed by atoms with van der Waals surface area (Å²) in [6, 6.07) is 20.3. The largest absolute Gasteiger partial charge is 0.471 e. The summed E-state index contributed by atoms with van der Waals surface area (Å²) in [5.41, 5.74) is 1.57. The Labute approximate surface area is 190 Å². The lowest BCUT2D eigenvalue weighted by Gasteiger charge is -2.39. The number of carbonyl (C=O) groups is 1. The maximum atomic E-state index is 14.5. The quantitative estimate of drug-likeness (QED) is 0.489. The summed E-state index contributed by atoms with van der Waals surface area (Å²) in [5.74, 6) is -2.85. The Balaban J connectivity index is 1.56. The molecule has 1 saturated heterocycles. The third kappa shape index (κ3) is 5.03. The number of benzene rings is 3. The van der Waals surface area contributed by atoms with E-state index in [0.717, 1.165) is 21.2 Å². The predicted octanol–water partition coefficient (Wildman–Crippen LogP) is 5.82. The molecule has 1 fully saturated rings. The van der Waals surface area contributed by atoms with Crippen LogP contribution in [0.25, 0.3) is 10.8 Å². The van der Waals surface area contributed by atoms with Crippen molar-refractivity contribution in [3.63, 3.8) is 0 Å². The number of rotatable bonds is 5. The molecule has 0 bridgehead atoms. The number of piperidine rings is 1. The molecule has 0 spiro atoms. The number of nitrogens with one attached hydrogen (secondary N) is 1. The maximum absolute atomic E-state index is 14.5. The summed E-state index contributed by atoms with van der Waals surface area (Å²) >= 11 is 0. The third-order valence-corrected chi connectivity index (χ3v) is 6.54. The Morgan fingerprint density at radius 2 is 1.76 bits per heavy atom. The first-order valence-electron chi connectivity index (χ1n) is 11.1. The van der Waals surface area contributed by atoms with Crippen LogP contribution in [0.1, 0.15) is 36.4 Å². The second-order valence-electron chi connectivity index (χ2n) is 8.62. The van der Waals surface area contributed by atoms with Gasteiger partial charge in [0, 0.05) is 25.7 Å². The highest BCUT2D eigenvalue weighted by Crippen LogP contribution is 2.36. The van der Waals surface area contributed by atoms with E-state index in [2.05, 4.69) is 5.32 Å². The minimum absolute atomic E-state index is 0.0489. The van der Waals surface area contributed by atoms with Crippen LogP contribution in [0, 0.1) is 11.7 Å². The summed E-state index contributed by atoms with van der Waals surface area (Å²) in [7, 11) is 0. The molecule has 0 aromatic heterocycles. The van der Waals surface area contributed by atoms with E-state index in [0.29, 0.717) is 12.1 Å². The lowest BCUT2D eigenvalue weighted by molar-refractivity contribution is -0.187. The van der Waals surface area contributed by atoms with Gasteiger partial charge in [-0.15, -0.1) is 0 Å². The van der Waals surface area contributed by atoms with Gasteiger partial charge in [-0.1, -0.05) is 60.7 Å². The Morgan fingerprint density at radius 3 is 2.52 bits per heavy atom. The molecule has 7 heteroatoms. The highest BCUT2D eigenvalue weighted by Gasteiger charge is 2.45. The Bertz CT molecular complexity index is 1130. The molecule has 3 aromatic carbocycles. The van der Waals surface area contributed by atoms with Gasteiger partial charge in [0.25, 0.3) is 0 Å². The Morgan fingerprint density at radius 1 is 1.06 bits per heavy atom. The van der Waals surface area contributed by atoms with E-state index in [1.54, 1.807) is 18.2 Å². The minimum Gasteiger partial charge on any atom is -0.335 e. The second kappa shape index (κ2) is 9.51. The SMILES string of the molecule is CC(NCC1CN(C(=O)C(F)(F)F)CCC1c1ccccc1F)c1cccc2ccccc12. The van der Waals surface area contributed by atoms with E-state index < -0.39 is 12.1 Å². The fraction of sp³-hybridized carbons (Fsp3) is 0.346. The number of amides is 1. The molecule has 1 heterocycles. The van der Waals surface area contributed by atoms with Crippen LogP contribution in [0.2, 0.25) is 0 Å². The molecule has 0 aliphatic carbocycles. The van der Waals surface area contributed by atoms with Gasteiger partial charge in [-0.25, -0.2) is 4.39 Å². The molecule has 3 aromatic rings. The van der Waals surface area contributed by atoms with Crippen LogP contribution in [0.15, 0.2) is 66.7 Å². The van der Waals surface area contributed by atoms with Crippen LogP contribution < -0.4 is 5.32 Å². The van der Waals surface area contributed by atoms with Crippen LogP contribution in [0.3, 0.4) is 0 Å². The number of carbonyl (C=O) groups excluding carboxylic acids is 1. The molecule has 174 valence electrons. The highest BCUT2D eigenvalue weighted by atomic mass is 19.4. The van der Waals surface area contributed by atoms with Crippen molar-refractivity contribution in [1.82, 2.24) is 10.2 Å². The molecule has 3 atom stereocenters. The van der Waals surface area contributed by atoms with E-state index >= 15 is 0 Å². The highest BCUT2D eigenvalue weighted by molar-refractivity contribution is 5.86. The molecule has 1 aliphatic heterocycles. The van der Waals surface area contributed by atoms with Gasteiger partial charge < -0.3 is 10.2 Å². The third-order valence-electron chi connectivity index (χ3n) is 6.54. The van der Waals surface area contributed by atoms with Gasteiger partial charge in [0.05, 0.1) is 0 Å². The van der Waals surface area contributed by atoms with E-state index in [1.165, 1.54) is 6.07 Å². The van der Waals surface area contributed by atoms with Crippen molar-refractivity contribution in [2.24, 2.45) is 5.92 Å². The normalized spacial score (nSPS) is 20.1. The first-order valence-corrected chi connectivity index (χ1v) is 11.1. The monoisotopic (exact) mass is 458 g/mol. The number of alkyl halides is 3. The lowest BCUT2D eigenvalue weighted by atomic mass is 9.80. The molecular weight excluding hydrogens is 432 g/mol. The van der Waals surface area contributed by atoms with Crippen molar-refractivity contribution < 1.29 is 22.4 Å². The van der Waals surface area contributed by atoms with Gasteiger partial charge in [-0.05, 0) is 53.1 Å². The first kappa shape index (κ1) is 23.2. The number of fused-ring (bicyclic) bond motifs is 1. The lowest BCUT2D eigenvalue weighted by Crippen LogP contribution is -2.50. The molecule has 1 aliphatic rings. The molecule has 1 N–H and O–H groups in total. The zero-order chi connectivity index (χ0) is 23.6. The van der Waals surface area contributed by atoms with Crippen molar-refractivity contribution in [3.05, 3.63) is 83.7 Å². The van der Waals surface area contributed by atoms with Crippen molar-refractivity contribution >= 4 is 16.7 Å². The molecule has 1 amide bonds. The smallest absolute Gasteiger partial charge is 0.335 e. The summed E-state index contributed by atoms with van der Waals surface area (Å²) in [6.45, 7) is 2.23. The summed E-state index contributed by atoms with van der Waals surface area (Å²) < 4.78 is 53.7. The van der Waals surface area contributed by atoms with Crippen molar-refractivity contribution in [3.8, 4) is 0 Å². The van der Waals surface area contributed by atoms with E-state index in [4.69, 9.17) is 0 Å². The summed E-state index contributed by atoms with van der Waals surface area (Å²) in [4.78, 5) is 12.7. The minimum atomic E-state index is -4.92. The second-order valence-corrected chi connectivity index (χ2v) is 8.62. The average Bonchev–Trinajstić information content (AvgIpc) is 2.81. The molecule has 4 rings (SSSR count). The van der Waals surface area contributed by atoms with Crippen LogP contribution in [0.4, 0.5) is 17.6 Å². The van der Waals surface area contributed by atoms with Gasteiger partial charge in [0.1, 0.15) is 5.82 Å².